The number of carbonyl (C=O) groups excluding carboxylic acids is 2. The number of ether oxygens (including phenoxy) is 1. The number of anilines is 2. The monoisotopic (exact) mass is 383 g/mol. The lowest BCUT2D eigenvalue weighted by atomic mass is 10.1. The Labute approximate surface area is 161 Å². The van der Waals surface area contributed by atoms with Gasteiger partial charge in [0.05, 0.1) is 11.7 Å². The summed E-state index contributed by atoms with van der Waals surface area (Å²) >= 11 is 0. The molecular formula is C20H21N3O5. The second-order valence-corrected chi connectivity index (χ2v) is 6.38. The molecule has 1 atom stereocenters. The maximum absolute atomic E-state index is 12.2. The van der Waals surface area contributed by atoms with Crippen molar-refractivity contribution >= 4 is 29.3 Å². The molecule has 1 unspecified atom stereocenters. The predicted octanol–water partition coefficient (Wildman–Crippen LogP) is 2.94. The summed E-state index contributed by atoms with van der Waals surface area (Å²) in [6.45, 7) is 1.21. The van der Waals surface area contributed by atoms with E-state index in [9.17, 15) is 14.4 Å². The summed E-state index contributed by atoms with van der Waals surface area (Å²) in [5.41, 5.74) is 1.61. The van der Waals surface area contributed by atoms with E-state index in [0.717, 1.165) is 19.4 Å². The van der Waals surface area contributed by atoms with Gasteiger partial charge in [-0.05, 0) is 61.4 Å². The first kappa shape index (κ1) is 19.4. The second-order valence-electron chi connectivity index (χ2n) is 6.38. The first-order valence-corrected chi connectivity index (χ1v) is 8.92. The number of hydrogen-bond acceptors (Lipinski definition) is 4. The minimum Gasteiger partial charge on any atom is -0.478 e. The van der Waals surface area contributed by atoms with Crippen LogP contribution in [-0.2, 0) is 4.74 Å². The van der Waals surface area contributed by atoms with Crippen LogP contribution in [0.1, 0.15) is 33.6 Å². The van der Waals surface area contributed by atoms with Gasteiger partial charge < -0.3 is 25.8 Å². The average molecular weight is 383 g/mol. The van der Waals surface area contributed by atoms with Crippen molar-refractivity contribution in [3.05, 3.63) is 59.7 Å². The third-order valence-corrected chi connectivity index (χ3v) is 4.31. The van der Waals surface area contributed by atoms with Crippen molar-refractivity contribution in [1.29, 1.82) is 0 Å². The molecule has 0 saturated carbocycles. The van der Waals surface area contributed by atoms with Crippen molar-refractivity contribution in [3.8, 4) is 0 Å². The Kier molecular flexibility index (Phi) is 6.23. The SMILES string of the molecule is O=C(NCC1CCCO1)Nc1ccc(NC(=O)c2ccc(C(=O)O)cc2)cc1. The van der Waals surface area contributed by atoms with E-state index in [2.05, 4.69) is 16.0 Å². The minimum absolute atomic E-state index is 0.0768. The highest BCUT2D eigenvalue weighted by Gasteiger charge is 2.16. The Morgan fingerprint density at radius 3 is 2.11 bits per heavy atom. The Morgan fingerprint density at radius 1 is 0.929 bits per heavy atom. The van der Waals surface area contributed by atoms with Crippen LogP contribution in [0.4, 0.5) is 16.2 Å². The zero-order valence-corrected chi connectivity index (χ0v) is 15.1. The number of amides is 3. The number of carbonyl (C=O) groups is 3. The third-order valence-electron chi connectivity index (χ3n) is 4.31. The van der Waals surface area contributed by atoms with Gasteiger partial charge in [-0.2, -0.15) is 0 Å². The fraction of sp³-hybridized carbons (Fsp3) is 0.250. The number of carboxylic acids is 1. The fourth-order valence-corrected chi connectivity index (χ4v) is 2.79. The van der Waals surface area contributed by atoms with Crippen molar-refractivity contribution < 1.29 is 24.2 Å². The standard InChI is InChI=1S/C20H21N3O5/c24-18(13-3-5-14(6-4-13)19(25)26)22-15-7-9-16(10-8-15)23-20(27)21-12-17-2-1-11-28-17/h3-10,17H,1-2,11-12H2,(H,22,24)(H,25,26)(H2,21,23,27). The summed E-state index contributed by atoms with van der Waals surface area (Å²) in [6.07, 6.45) is 2.05. The molecule has 2 aromatic rings. The van der Waals surface area contributed by atoms with E-state index in [1.54, 1.807) is 24.3 Å². The highest BCUT2D eigenvalue weighted by Crippen LogP contribution is 2.15. The molecule has 0 aliphatic carbocycles. The molecule has 0 spiro atoms. The molecule has 0 aromatic heterocycles. The Balaban J connectivity index is 1.49. The molecule has 4 N–H and O–H groups in total. The smallest absolute Gasteiger partial charge is 0.335 e. The summed E-state index contributed by atoms with van der Waals surface area (Å²) in [4.78, 5) is 35.0. The number of benzene rings is 2. The lowest BCUT2D eigenvalue weighted by molar-refractivity contribution is 0.0696. The summed E-state index contributed by atoms with van der Waals surface area (Å²) in [5.74, 6) is -1.40. The molecule has 0 bridgehead atoms. The molecule has 8 heteroatoms. The number of rotatable bonds is 6. The van der Waals surface area contributed by atoms with Crippen LogP contribution in [0.15, 0.2) is 48.5 Å². The van der Waals surface area contributed by atoms with Crippen LogP contribution >= 0.6 is 0 Å². The molecule has 1 aliphatic rings. The maximum atomic E-state index is 12.2. The summed E-state index contributed by atoms with van der Waals surface area (Å²) in [5, 5.41) is 17.1. The van der Waals surface area contributed by atoms with E-state index in [4.69, 9.17) is 9.84 Å². The average Bonchev–Trinajstić information content (AvgIpc) is 3.21. The van der Waals surface area contributed by atoms with Crippen molar-refractivity contribution in [2.75, 3.05) is 23.8 Å². The van der Waals surface area contributed by atoms with Crippen LogP contribution in [-0.4, -0.2) is 42.3 Å². The van der Waals surface area contributed by atoms with Crippen LogP contribution in [0.25, 0.3) is 0 Å². The number of urea groups is 1. The van der Waals surface area contributed by atoms with E-state index >= 15 is 0 Å². The largest absolute Gasteiger partial charge is 0.478 e. The van der Waals surface area contributed by atoms with Gasteiger partial charge in [0.2, 0.25) is 0 Å². The normalized spacial score (nSPS) is 15.6. The molecule has 146 valence electrons. The van der Waals surface area contributed by atoms with Crippen molar-refractivity contribution in [3.63, 3.8) is 0 Å². The Bertz CT molecular complexity index is 843. The fourth-order valence-electron chi connectivity index (χ4n) is 2.79. The van der Waals surface area contributed by atoms with Gasteiger partial charge in [-0.1, -0.05) is 0 Å². The number of hydrogen-bond donors (Lipinski definition) is 4. The first-order valence-electron chi connectivity index (χ1n) is 8.92. The number of nitrogens with one attached hydrogen (secondary N) is 3. The van der Waals surface area contributed by atoms with Gasteiger partial charge in [-0.25, -0.2) is 9.59 Å². The zero-order valence-electron chi connectivity index (χ0n) is 15.1. The summed E-state index contributed by atoms with van der Waals surface area (Å²) in [7, 11) is 0. The molecule has 3 amide bonds. The van der Waals surface area contributed by atoms with E-state index in [0.29, 0.717) is 23.5 Å². The summed E-state index contributed by atoms with van der Waals surface area (Å²) < 4.78 is 5.45. The molecule has 0 radical (unpaired) electrons. The van der Waals surface area contributed by atoms with Crippen LogP contribution in [0, 0.1) is 0 Å². The van der Waals surface area contributed by atoms with Crippen LogP contribution < -0.4 is 16.0 Å². The minimum atomic E-state index is -1.05. The molecule has 1 heterocycles. The molecule has 28 heavy (non-hydrogen) atoms. The van der Waals surface area contributed by atoms with Gasteiger partial charge in [0.25, 0.3) is 5.91 Å². The van der Waals surface area contributed by atoms with Gasteiger partial charge >= 0.3 is 12.0 Å². The summed E-state index contributed by atoms with van der Waals surface area (Å²) in [6, 6.07) is 12.0. The topological polar surface area (TPSA) is 117 Å². The molecule has 3 rings (SSSR count). The van der Waals surface area contributed by atoms with Crippen molar-refractivity contribution in [2.45, 2.75) is 18.9 Å². The van der Waals surface area contributed by atoms with Gasteiger partial charge in [-0.15, -0.1) is 0 Å². The number of carboxylic acid groups (broad SMARTS) is 1. The van der Waals surface area contributed by atoms with Crippen LogP contribution in [0.2, 0.25) is 0 Å². The first-order chi connectivity index (χ1) is 13.5. The predicted molar refractivity (Wildman–Crippen MR) is 104 cm³/mol. The molecule has 1 fully saturated rings. The lowest BCUT2D eigenvalue weighted by Crippen LogP contribution is -2.35. The molecular weight excluding hydrogens is 362 g/mol. The van der Waals surface area contributed by atoms with Gasteiger partial charge in [-0.3, -0.25) is 4.79 Å². The molecule has 1 aliphatic heterocycles. The van der Waals surface area contributed by atoms with E-state index in [1.165, 1.54) is 24.3 Å². The van der Waals surface area contributed by atoms with E-state index in [-0.39, 0.29) is 23.6 Å². The highest BCUT2D eigenvalue weighted by molar-refractivity contribution is 6.05. The Hall–Kier alpha value is -3.39. The van der Waals surface area contributed by atoms with Crippen molar-refractivity contribution in [2.24, 2.45) is 0 Å². The van der Waals surface area contributed by atoms with E-state index < -0.39 is 5.97 Å². The highest BCUT2D eigenvalue weighted by atomic mass is 16.5. The molecule has 8 nitrogen and oxygen atoms in total. The van der Waals surface area contributed by atoms with Gasteiger partial charge in [0.15, 0.2) is 0 Å². The van der Waals surface area contributed by atoms with Gasteiger partial charge in [0.1, 0.15) is 0 Å². The number of aromatic carboxylic acids is 1. The van der Waals surface area contributed by atoms with Crippen molar-refractivity contribution in [1.82, 2.24) is 5.32 Å². The third kappa shape index (κ3) is 5.31. The van der Waals surface area contributed by atoms with Gasteiger partial charge in [0, 0.05) is 30.1 Å². The lowest BCUT2D eigenvalue weighted by Gasteiger charge is -2.12. The van der Waals surface area contributed by atoms with Crippen LogP contribution in [0.5, 0.6) is 0 Å². The second kappa shape index (κ2) is 9.01. The van der Waals surface area contributed by atoms with Crippen LogP contribution in [0.3, 0.4) is 0 Å². The maximum Gasteiger partial charge on any atom is 0.335 e. The van der Waals surface area contributed by atoms with E-state index in [1.807, 2.05) is 0 Å². The zero-order chi connectivity index (χ0) is 19.9. The quantitative estimate of drug-likeness (QED) is 0.612. The molecule has 1 saturated heterocycles. The molecule has 2 aromatic carbocycles. The Morgan fingerprint density at radius 2 is 1.54 bits per heavy atom.